The molecule has 1 atom stereocenters. The SMILES string of the molecule is CCc1nccn1[C@@H](/C=C/c1ccc(-c2ccc(C3CC(C(=O)NCC#N)C3)cc2)cc1)CO. The number of nitriles is 1. The molecule has 0 saturated heterocycles. The molecule has 1 fully saturated rings. The van der Waals surface area contributed by atoms with Gasteiger partial charge in [0.05, 0.1) is 18.7 Å². The summed E-state index contributed by atoms with van der Waals surface area (Å²) in [5.74, 6) is 1.38. The van der Waals surface area contributed by atoms with Gasteiger partial charge in [-0.15, -0.1) is 0 Å². The molecule has 1 aliphatic rings. The maximum absolute atomic E-state index is 11.9. The Hall–Kier alpha value is -3.69. The lowest BCUT2D eigenvalue weighted by Crippen LogP contribution is -2.38. The molecule has 174 valence electrons. The molecule has 0 bridgehead atoms. The van der Waals surface area contributed by atoms with Crippen molar-refractivity contribution in [2.24, 2.45) is 5.92 Å². The van der Waals surface area contributed by atoms with Gasteiger partial charge in [0.2, 0.25) is 5.91 Å². The first kappa shape index (κ1) is 23.5. The summed E-state index contributed by atoms with van der Waals surface area (Å²) in [6, 6.07) is 18.8. The number of hydrogen-bond donors (Lipinski definition) is 2. The van der Waals surface area contributed by atoms with Crippen LogP contribution in [-0.4, -0.2) is 33.7 Å². The number of aryl methyl sites for hydroxylation is 1. The highest BCUT2D eigenvalue weighted by Gasteiger charge is 2.35. The molecule has 0 spiro atoms. The minimum atomic E-state index is -0.131. The highest BCUT2D eigenvalue weighted by Crippen LogP contribution is 2.42. The van der Waals surface area contributed by atoms with Crippen LogP contribution in [0, 0.1) is 17.2 Å². The van der Waals surface area contributed by atoms with E-state index >= 15 is 0 Å². The quantitative estimate of drug-likeness (QED) is 0.466. The number of amides is 1. The molecule has 2 aromatic carbocycles. The lowest BCUT2D eigenvalue weighted by atomic mass is 9.71. The standard InChI is InChI=1S/C28H30N4O2/c1-2-27-30-15-16-32(27)26(19-33)12-5-20-3-6-21(7-4-20)22-8-10-23(11-9-22)24-17-25(18-24)28(34)31-14-13-29/h3-12,15-16,24-26,33H,2,14,17-19H2,1H3,(H,31,34)/b12-5+/t24?,25?,26-/m0/s1. The van der Waals surface area contributed by atoms with Gasteiger partial charge in [-0.1, -0.05) is 67.6 Å². The summed E-state index contributed by atoms with van der Waals surface area (Å²) < 4.78 is 2.01. The number of imidazole rings is 1. The van der Waals surface area contributed by atoms with Crippen molar-refractivity contribution in [3.8, 4) is 17.2 Å². The van der Waals surface area contributed by atoms with Gasteiger partial charge in [-0.2, -0.15) is 5.26 Å². The van der Waals surface area contributed by atoms with E-state index in [1.54, 1.807) is 6.20 Å². The fourth-order valence-corrected chi connectivity index (χ4v) is 4.49. The van der Waals surface area contributed by atoms with Crippen LogP contribution >= 0.6 is 0 Å². The predicted octanol–water partition coefficient (Wildman–Crippen LogP) is 4.49. The molecule has 2 N–H and O–H groups in total. The Morgan fingerprint density at radius 3 is 2.50 bits per heavy atom. The average Bonchev–Trinajstić information content (AvgIpc) is 3.32. The van der Waals surface area contributed by atoms with Gasteiger partial charge in [-0.25, -0.2) is 4.98 Å². The number of carbonyl (C=O) groups is 1. The molecule has 0 unspecified atom stereocenters. The van der Waals surface area contributed by atoms with Gasteiger partial charge in [0.15, 0.2) is 0 Å². The fraction of sp³-hybridized carbons (Fsp3) is 0.321. The maximum atomic E-state index is 11.9. The molecular weight excluding hydrogens is 424 g/mol. The van der Waals surface area contributed by atoms with Gasteiger partial charge in [0.25, 0.3) is 0 Å². The van der Waals surface area contributed by atoms with E-state index in [2.05, 4.69) is 65.8 Å². The number of nitrogens with zero attached hydrogens (tertiary/aromatic N) is 3. The highest BCUT2D eigenvalue weighted by atomic mass is 16.3. The molecule has 3 aromatic rings. The summed E-state index contributed by atoms with van der Waals surface area (Å²) in [6.45, 7) is 2.16. The Balaban J connectivity index is 1.35. The van der Waals surface area contributed by atoms with Gasteiger partial charge < -0.3 is 15.0 Å². The van der Waals surface area contributed by atoms with Crippen molar-refractivity contribution in [2.75, 3.05) is 13.2 Å². The average molecular weight is 455 g/mol. The number of aliphatic hydroxyl groups excluding tert-OH is 1. The number of carbonyl (C=O) groups excluding carboxylic acids is 1. The number of aliphatic hydroxyl groups is 1. The molecule has 1 amide bonds. The monoisotopic (exact) mass is 454 g/mol. The van der Waals surface area contributed by atoms with Crippen LogP contribution in [0.5, 0.6) is 0 Å². The van der Waals surface area contributed by atoms with Gasteiger partial charge in [0.1, 0.15) is 12.4 Å². The Morgan fingerprint density at radius 2 is 1.88 bits per heavy atom. The molecule has 34 heavy (non-hydrogen) atoms. The van der Waals surface area contributed by atoms with E-state index in [-0.39, 0.29) is 31.0 Å². The summed E-state index contributed by atoms with van der Waals surface area (Å²) in [5.41, 5.74) is 4.63. The van der Waals surface area contributed by atoms with Gasteiger partial charge in [-0.05, 0) is 41.0 Å². The van der Waals surface area contributed by atoms with Crippen LogP contribution < -0.4 is 5.32 Å². The van der Waals surface area contributed by atoms with Crippen LogP contribution in [0.15, 0.2) is 67.0 Å². The van der Waals surface area contributed by atoms with Crippen molar-refractivity contribution in [1.82, 2.24) is 14.9 Å². The molecule has 1 aliphatic carbocycles. The molecule has 6 heteroatoms. The highest BCUT2D eigenvalue weighted by molar-refractivity contribution is 5.80. The van der Waals surface area contributed by atoms with Gasteiger partial charge in [-0.3, -0.25) is 4.79 Å². The van der Waals surface area contributed by atoms with E-state index in [0.29, 0.717) is 5.92 Å². The molecule has 0 aliphatic heterocycles. The molecule has 1 saturated carbocycles. The van der Waals surface area contributed by atoms with E-state index in [0.717, 1.165) is 41.8 Å². The van der Waals surface area contributed by atoms with Gasteiger partial charge in [0, 0.05) is 24.7 Å². The van der Waals surface area contributed by atoms with E-state index < -0.39 is 0 Å². The maximum Gasteiger partial charge on any atom is 0.223 e. The third-order valence-corrected chi connectivity index (χ3v) is 6.60. The van der Waals surface area contributed by atoms with Crippen molar-refractivity contribution < 1.29 is 9.90 Å². The first-order valence-electron chi connectivity index (χ1n) is 11.8. The molecular formula is C28H30N4O2. The van der Waals surface area contributed by atoms with E-state index in [4.69, 9.17) is 5.26 Å². The van der Waals surface area contributed by atoms with Crippen LogP contribution in [0.4, 0.5) is 0 Å². The van der Waals surface area contributed by atoms with Crippen LogP contribution in [0.3, 0.4) is 0 Å². The Morgan fingerprint density at radius 1 is 1.21 bits per heavy atom. The lowest BCUT2D eigenvalue weighted by molar-refractivity contribution is -0.127. The normalized spacial score (nSPS) is 18.3. The zero-order chi connectivity index (χ0) is 23.9. The van der Waals surface area contributed by atoms with Crippen LogP contribution in [0.2, 0.25) is 0 Å². The fourth-order valence-electron chi connectivity index (χ4n) is 4.49. The third-order valence-electron chi connectivity index (χ3n) is 6.60. The first-order valence-corrected chi connectivity index (χ1v) is 11.8. The smallest absolute Gasteiger partial charge is 0.223 e. The lowest BCUT2D eigenvalue weighted by Gasteiger charge is -2.34. The summed E-state index contributed by atoms with van der Waals surface area (Å²) >= 11 is 0. The van der Waals surface area contributed by atoms with Crippen molar-refractivity contribution in [3.63, 3.8) is 0 Å². The molecule has 0 radical (unpaired) electrons. The van der Waals surface area contributed by atoms with E-state index in [1.807, 2.05) is 29.0 Å². The van der Waals surface area contributed by atoms with Crippen molar-refractivity contribution in [1.29, 1.82) is 5.26 Å². The number of aromatic nitrogens is 2. The number of nitrogens with one attached hydrogen (secondary N) is 1. The molecule has 1 aromatic heterocycles. The largest absolute Gasteiger partial charge is 0.394 e. The first-order chi connectivity index (χ1) is 16.6. The van der Waals surface area contributed by atoms with Gasteiger partial charge >= 0.3 is 0 Å². The third kappa shape index (κ3) is 5.27. The summed E-state index contributed by atoms with van der Waals surface area (Å²) in [5, 5.41) is 21.1. The minimum absolute atomic E-state index is 0.00954. The summed E-state index contributed by atoms with van der Waals surface area (Å²) in [4.78, 5) is 16.3. The topological polar surface area (TPSA) is 90.9 Å². The molecule has 6 nitrogen and oxygen atoms in total. The number of benzene rings is 2. The number of rotatable bonds is 9. The second-order valence-corrected chi connectivity index (χ2v) is 8.70. The molecule has 4 rings (SSSR count). The van der Waals surface area contributed by atoms with Crippen molar-refractivity contribution >= 4 is 12.0 Å². The van der Waals surface area contributed by atoms with Crippen molar-refractivity contribution in [3.05, 3.63) is 84.0 Å². The molecule has 1 heterocycles. The Kier molecular flexibility index (Phi) is 7.56. The number of hydrogen-bond acceptors (Lipinski definition) is 4. The van der Waals surface area contributed by atoms with Crippen LogP contribution in [-0.2, 0) is 11.2 Å². The Labute approximate surface area is 200 Å². The van der Waals surface area contributed by atoms with Crippen LogP contribution in [0.25, 0.3) is 17.2 Å². The second-order valence-electron chi connectivity index (χ2n) is 8.70. The minimum Gasteiger partial charge on any atom is -0.394 e. The predicted molar refractivity (Wildman–Crippen MR) is 133 cm³/mol. The second kappa shape index (κ2) is 11.0. The zero-order valence-corrected chi connectivity index (χ0v) is 19.4. The zero-order valence-electron chi connectivity index (χ0n) is 19.4. The van der Waals surface area contributed by atoms with Crippen LogP contribution in [0.1, 0.15) is 48.7 Å². The Bertz CT molecular complexity index is 1170. The summed E-state index contributed by atoms with van der Waals surface area (Å²) in [6.07, 6.45) is 10.2. The van der Waals surface area contributed by atoms with E-state index in [9.17, 15) is 9.90 Å². The summed E-state index contributed by atoms with van der Waals surface area (Å²) in [7, 11) is 0. The van der Waals surface area contributed by atoms with Crippen molar-refractivity contribution in [2.45, 2.75) is 38.1 Å². The van der Waals surface area contributed by atoms with E-state index in [1.165, 1.54) is 5.56 Å².